The second-order valence-electron chi connectivity index (χ2n) is 4.59. The zero-order chi connectivity index (χ0) is 13.4. The van der Waals surface area contributed by atoms with Crippen molar-refractivity contribution in [2.24, 2.45) is 0 Å². The van der Waals surface area contributed by atoms with Gasteiger partial charge >= 0.3 is 5.97 Å². The van der Waals surface area contributed by atoms with Crippen LogP contribution in [0.4, 0.5) is 0 Å². The predicted octanol–water partition coefficient (Wildman–Crippen LogP) is 3.84. The van der Waals surface area contributed by atoms with Crippen LogP contribution >= 0.6 is 0 Å². The normalized spacial score (nSPS) is 10.8. The number of carboxylic acids is 1. The molecule has 3 aromatic rings. The van der Waals surface area contributed by atoms with Crippen LogP contribution in [-0.4, -0.2) is 16.1 Å². The van der Waals surface area contributed by atoms with Gasteiger partial charge in [0.1, 0.15) is 5.69 Å². The van der Waals surface area contributed by atoms with Gasteiger partial charge < -0.3 is 10.1 Å². The molecule has 0 aliphatic rings. The van der Waals surface area contributed by atoms with Crippen molar-refractivity contribution in [2.75, 3.05) is 0 Å². The van der Waals surface area contributed by atoms with Crippen LogP contribution in [0.5, 0.6) is 0 Å². The van der Waals surface area contributed by atoms with Gasteiger partial charge in [0.2, 0.25) is 0 Å². The number of hydrogen-bond acceptors (Lipinski definition) is 1. The maximum absolute atomic E-state index is 11.3. The quantitative estimate of drug-likeness (QED) is 0.727. The predicted molar refractivity (Wildman–Crippen MR) is 75.4 cm³/mol. The molecular formula is C16H13NO2. The summed E-state index contributed by atoms with van der Waals surface area (Å²) >= 11 is 0. The van der Waals surface area contributed by atoms with Gasteiger partial charge in [-0.05, 0) is 12.5 Å². The number of H-pyrrole nitrogens is 1. The fraction of sp³-hybridized carbons (Fsp3) is 0.0625. The standard InChI is InChI=1S/C16H13NO2/c1-10-6-8-11(9-7-10)14-12-4-2-3-5-13(12)15(17-14)16(18)19/h2-9,17H,1H3,(H,18,19). The molecule has 1 aromatic heterocycles. The summed E-state index contributed by atoms with van der Waals surface area (Å²) in [6.07, 6.45) is 0. The molecule has 0 saturated carbocycles. The maximum atomic E-state index is 11.3. The van der Waals surface area contributed by atoms with Crippen molar-refractivity contribution < 1.29 is 9.90 Å². The minimum absolute atomic E-state index is 0.242. The third kappa shape index (κ3) is 1.89. The largest absolute Gasteiger partial charge is 0.477 e. The number of fused-ring (bicyclic) bond motifs is 1. The molecule has 3 heteroatoms. The van der Waals surface area contributed by atoms with E-state index in [1.54, 1.807) is 0 Å². The number of carboxylic acid groups (broad SMARTS) is 1. The first-order chi connectivity index (χ1) is 9.16. The molecule has 0 atom stereocenters. The van der Waals surface area contributed by atoms with Crippen LogP contribution in [0.2, 0.25) is 0 Å². The topological polar surface area (TPSA) is 53.1 Å². The monoisotopic (exact) mass is 251 g/mol. The number of nitrogens with one attached hydrogen (secondary N) is 1. The Balaban J connectivity index is 2.29. The zero-order valence-corrected chi connectivity index (χ0v) is 10.5. The van der Waals surface area contributed by atoms with Gasteiger partial charge in [0.15, 0.2) is 0 Å². The van der Waals surface area contributed by atoms with Gasteiger partial charge in [-0.25, -0.2) is 4.79 Å². The molecule has 0 amide bonds. The van der Waals surface area contributed by atoms with Crippen LogP contribution in [-0.2, 0) is 0 Å². The van der Waals surface area contributed by atoms with Crippen LogP contribution in [0.15, 0.2) is 48.5 Å². The summed E-state index contributed by atoms with van der Waals surface area (Å²) in [6.45, 7) is 2.03. The summed E-state index contributed by atoms with van der Waals surface area (Å²) in [7, 11) is 0. The molecule has 0 fully saturated rings. The smallest absolute Gasteiger partial charge is 0.352 e. The van der Waals surface area contributed by atoms with Crippen molar-refractivity contribution in [3.05, 3.63) is 59.8 Å². The maximum Gasteiger partial charge on any atom is 0.352 e. The van der Waals surface area contributed by atoms with E-state index < -0.39 is 5.97 Å². The Morgan fingerprint density at radius 1 is 1.00 bits per heavy atom. The second-order valence-corrected chi connectivity index (χ2v) is 4.59. The first-order valence-corrected chi connectivity index (χ1v) is 6.08. The molecule has 0 aliphatic heterocycles. The highest BCUT2D eigenvalue weighted by Crippen LogP contribution is 2.30. The summed E-state index contributed by atoms with van der Waals surface area (Å²) in [5.41, 5.74) is 3.27. The lowest BCUT2D eigenvalue weighted by atomic mass is 10.1. The van der Waals surface area contributed by atoms with Gasteiger partial charge in [0.05, 0.1) is 5.69 Å². The first kappa shape index (κ1) is 11.5. The number of aromatic amines is 1. The number of aromatic carboxylic acids is 1. The zero-order valence-electron chi connectivity index (χ0n) is 10.5. The minimum atomic E-state index is -0.936. The second kappa shape index (κ2) is 4.28. The van der Waals surface area contributed by atoms with Gasteiger partial charge in [0.25, 0.3) is 0 Å². The van der Waals surface area contributed by atoms with Crippen molar-refractivity contribution in [3.63, 3.8) is 0 Å². The van der Waals surface area contributed by atoms with Crippen LogP contribution in [0, 0.1) is 6.92 Å². The van der Waals surface area contributed by atoms with Gasteiger partial charge in [-0.15, -0.1) is 0 Å². The highest BCUT2D eigenvalue weighted by Gasteiger charge is 2.15. The van der Waals surface area contributed by atoms with Gasteiger partial charge in [0, 0.05) is 10.8 Å². The van der Waals surface area contributed by atoms with E-state index in [0.717, 1.165) is 22.0 Å². The molecule has 19 heavy (non-hydrogen) atoms. The van der Waals surface area contributed by atoms with Crippen molar-refractivity contribution in [1.29, 1.82) is 0 Å². The van der Waals surface area contributed by atoms with Crippen LogP contribution in [0.3, 0.4) is 0 Å². The molecule has 0 unspecified atom stereocenters. The number of rotatable bonds is 2. The molecule has 1 heterocycles. The molecule has 94 valence electrons. The Labute approximate surface area is 110 Å². The van der Waals surface area contributed by atoms with Crippen molar-refractivity contribution >= 4 is 16.7 Å². The first-order valence-electron chi connectivity index (χ1n) is 6.08. The fourth-order valence-corrected chi connectivity index (χ4v) is 2.30. The molecule has 0 bridgehead atoms. The Morgan fingerprint density at radius 2 is 1.63 bits per heavy atom. The average molecular weight is 251 g/mol. The lowest BCUT2D eigenvalue weighted by Crippen LogP contribution is -1.96. The van der Waals surface area contributed by atoms with E-state index in [2.05, 4.69) is 4.98 Å². The summed E-state index contributed by atoms with van der Waals surface area (Å²) in [5, 5.41) is 10.9. The van der Waals surface area contributed by atoms with Crippen molar-refractivity contribution in [2.45, 2.75) is 6.92 Å². The molecule has 3 rings (SSSR count). The molecule has 0 spiro atoms. The molecule has 0 aliphatic carbocycles. The van der Waals surface area contributed by atoms with Crippen LogP contribution in [0.1, 0.15) is 16.1 Å². The van der Waals surface area contributed by atoms with Crippen molar-refractivity contribution in [1.82, 2.24) is 4.98 Å². The Kier molecular flexibility index (Phi) is 2.60. The molecule has 2 aromatic carbocycles. The summed E-state index contributed by atoms with van der Waals surface area (Å²) in [4.78, 5) is 14.3. The minimum Gasteiger partial charge on any atom is -0.477 e. The molecule has 3 nitrogen and oxygen atoms in total. The number of hydrogen-bond donors (Lipinski definition) is 2. The van der Waals surface area contributed by atoms with Crippen LogP contribution < -0.4 is 0 Å². The summed E-state index contributed by atoms with van der Waals surface area (Å²) in [5.74, 6) is -0.936. The van der Waals surface area contributed by atoms with E-state index in [1.165, 1.54) is 5.56 Å². The molecule has 0 saturated heterocycles. The third-order valence-electron chi connectivity index (χ3n) is 3.27. The number of carbonyl (C=O) groups is 1. The van der Waals surface area contributed by atoms with E-state index in [1.807, 2.05) is 55.5 Å². The van der Waals surface area contributed by atoms with Gasteiger partial charge in [-0.1, -0.05) is 54.1 Å². The van der Waals surface area contributed by atoms with E-state index in [0.29, 0.717) is 0 Å². The third-order valence-corrected chi connectivity index (χ3v) is 3.27. The van der Waals surface area contributed by atoms with E-state index in [9.17, 15) is 9.90 Å². The SMILES string of the molecule is Cc1ccc(-c2[nH]c(C(=O)O)c3ccccc23)cc1. The summed E-state index contributed by atoms with van der Waals surface area (Å²) in [6, 6.07) is 15.6. The average Bonchev–Trinajstić information content (AvgIpc) is 2.79. The van der Waals surface area contributed by atoms with E-state index >= 15 is 0 Å². The van der Waals surface area contributed by atoms with Crippen molar-refractivity contribution in [3.8, 4) is 11.3 Å². The lowest BCUT2D eigenvalue weighted by molar-refractivity contribution is 0.0693. The number of benzene rings is 2. The van der Waals surface area contributed by atoms with Crippen LogP contribution in [0.25, 0.3) is 22.0 Å². The highest BCUT2D eigenvalue weighted by atomic mass is 16.4. The number of aryl methyl sites for hydroxylation is 1. The fourth-order valence-electron chi connectivity index (χ4n) is 2.30. The van der Waals surface area contributed by atoms with Gasteiger partial charge in [-0.2, -0.15) is 0 Å². The Hall–Kier alpha value is -2.55. The molecule has 2 N–H and O–H groups in total. The van der Waals surface area contributed by atoms with E-state index in [4.69, 9.17) is 0 Å². The Morgan fingerprint density at radius 3 is 2.26 bits per heavy atom. The Bertz CT molecular complexity index is 754. The van der Waals surface area contributed by atoms with E-state index in [-0.39, 0.29) is 5.69 Å². The number of aromatic nitrogens is 1. The summed E-state index contributed by atoms with van der Waals surface area (Å²) < 4.78 is 0. The van der Waals surface area contributed by atoms with Gasteiger partial charge in [-0.3, -0.25) is 0 Å². The highest BCUT2D eigenvalue weighted by molar-refractivity contribution is 6.08. The molecular weight excluding hydrogens is 238 g/mol. The lowest BCUT2D eigenvalue weighted by Gasteiger charge is -2.00. The molecule has 0 radical (unpaired) electrons.